The Hall–Kier alpha value is -1.47. The summed E-state index contributed by atoms with van der Waals surface area (Å²) >= 11 is 0. The van der Waals surface area contributed by atoms with Gasteiger partial charge in [-0.3, -0.25) is 14.1 Å². The number of hydrogen-bond donors (Lipinski definition) is 2. The summed E-state index contributed by atoms with van der Waals surface area (Å²) in [6.07, 6.45) is 20.7. The van der Waals surface area contributed by atoms with Crippen molar-refractivity contribution >= 4 is 19.8 Å². The van der Waals surface area contributed by atoms with Crippen LogP contribution in [0.2, 0.25) is 0 Å². The summed E-state index contributed by atoms with van der Waals surface area (Å²) in [7, 11) is -4.72. The van der Waals surface area contributed by atoms with Crippen molar-refractivity contribution in [3.05, 3.63) is 24.3 Å². The molecule has 0 rings (SSSR count). The highest BCUT2D eigenvalue weighted by molar-refractivity contribution is 7.46. The topological polar surface area (TPSA) is 119 Å². The lowest BCUT2D eigenvalue weighted by Gasteiger charge is -2.18. The van der Waals surface area contributed by atoms with E-state index in [9.17, 15) is 14.2 Å². The van der Waals surface area contributed by atoms with E-state index in [1.54, 1.807) is 0 Å². The van der Waals surface area contributed by atoms with Gasteiger partial charge in [-0.25, -0.2) is 4.57 Å². The number of rotatable bonds is 22. The van der Waals surface area contributed by atoms with Crippen LogP contribution in [-0.2, 0) is 28.2 Å². The molecule has 1 atom stereocenters. The average molecular weight is 505 g/mol. The van der Waals surface area contributed by atoms with Gasteiger partial charge in [0.05, 0.1) is 6.61 Å². The summed E-state index contributed by atoms with van der Waals surface area (Å²) in [4.78, 5) is 41.3. The molecule has 0 aromatic rings. The first-order valence-electron chi connectivity index (χ1n) is 12.6. The highest BCUT2D eigenvalue weighted by atomic mass is 31.2. The van der Waals surface area contributed by atoms with Gasteiger partial charge in [0.1, 0.15) is 6.61 Å². The largest absolute Gasteiger partial charge is 0.469 e. The van der Waals surface area contributed by atoms with Crippen molar-refractivity contribution in [2.45, 2.75) is 110 Å². The van der Waals surface area contributed by atoms with Crippen LogP contribution in [0.1, 0.15) is 104 Å². The van der Waals surface area contributed by atoms with Crippen molar-refractivity contribution in [1.82, 2.24) is 0 Å². The van der Waals surface area contributed by atoms with E-state index in [-0.39, 0.29) is 19.4 Å². The van der Waals surface area contributed by atoms with E-state index in [2.05, 4.69) is 35.8 Å². The Morgan fingerprint density at radius 3 is 2.00 bits per heavy atom. The SMILES string of the molecule is CCCCC/C=C\C/C=C\CCCCCCCC(=O)OC(COC(=O)CCC)COP(=O)(O)O. The van der Waals surface area contributed by atoms with Gasteiger partial charge in [-0.1, -0.05) is 70.3 Å². The van der Waals surface area contributed by atoms with E-state index in [0.717, 1.165) is 38.5 Å². The van der Waals surface area contributed by atoms with Crippen LogP contribution in [0.5, 0.6) is 0 Å². The standard InChI is InChI=1S/C25H45O8P/c1-3-5-6-7-8-9-10-11-12-13-14-15-16-17-18-20-25(27)33-23(22-32-34(28,29)30)21-31-24(26)19-4-2/h8-9,11-12,23H,3-7,10,13-22H2,1-2H3,(H2,28,29,30)/b9-8-,12-11-. The van der Waals surface area contributed by atoms with Gasteiger partial charge in [0.15, 0.2) is 6.10 Å². The Kier molecular flexibility index (Phi) is 21.1. The van der Waals surface area contributed by atoms with Crippen molar-refractivity contribution < 1.29 is 37.9 Å². The Bertz CT molecular complexity index is 626. The first kappa shape index (κ1) is 32.5. The van der Waals surface area contributed by atoms with Crippen LogP contribution in [0.25, 0.3) is 0 Å². The van der Waals surface area contributed by atoms with Crippen LogP contribution in [0.15, 0.2) is 24.3 Å². The smallest absolute Gasteiger partial charge is 0.462 e. The van der Waals surface area contributed by atoms with E-state index < -0.39 is 32.5 Å². The zero-order chi connectivity index (χ0) is 25.5. The minimum Gasteiger partial charge on any atom is -0.462 e. The third-order valence-corrected chi connectivity index (χ3v) is 5.43. The minimum atomic E-state index is -4.72. The second-order valence-corrected chi connectivity index (χ2v) is 9.55. The third kappa shape index (κ3) is 23.7. The summed E-state index contributed by atoms with van der Waals surface area (Å²) < 4.78 is 25.5. The molecule has 0 spiro atoms. The Labute approximate surface area is 205 Å². The van der Waals surface area contributed by atoms with Gasteiger partial charge in [-0.05, 0) is 44.9 Å². The van der Waals surface area contributed by atoms with Crippen molar-refractivity contribution in [3.63, 3.8) is 0 Å². The first-order valence-corrected chi connectivity index (χ1v) is 14.2. The number of allylic oxidation sites excluding steroid dienone is 4. The molecule has 0 fully saturated rings. The number of unbranched alkanes of at least 4 members (excludes halogenated alkanes) is 8. The summed E-state index contributed by atoms with van der Waals surface area (Å²) in [5, 5.41) is 0. The second-order valence-electron chi connectivity index (χ2n) is 8.31. The van der Waals surface area contributed by atoms with E-state index in [1.165, 1.54) is 25.7 Å². The van der Waals surface area contributed by atoms with E-state index in [4.69, 9.17) is 19.3 Å². The summed E-state index contributed by atoms with van der Waals surface area (Å²) in [6, 6.07) is 0. The van der Waals surface area contributed by atoms with Crippen molar-refractivity contribution in [2.75, 3.05) is 13.2 Å². The molecule has 0 bridgehead atoms. The number of phosphoric ester groups is 1. The molecule has 198 valence electrons. The first-order chi connectivity index (χ1) is 16.3. The van der Waals surface area contributed by atoms with E-state index in [1.807, 2.05) is 6.92 Å². The lowest BCUT2D eigenvalue weighted by molar-refractivity contribution is -0.161. The molecular weight excluding hydrogens is 459 g/mol. The number of carbonyl (C=O) groups is 2. The summed E-state index contributed by atoms with van der Waals surface area (Å²) in [6.45, 7) is 3.19. The van der Waals surface area contributed by atoms with Crippen molar-refractivity contribution in [2.24, 2.45) is 0 Å². The number of ether oxygens (including phenoxy) is 2. The van der Waals surface area contributed by atoms with Crippen LogP contribution in [-0.4, -0.2) is 41.0 Å². The van der Waals surface area contributed by atoms with Gasteiger partial charge in [0, 0.05) is 12.8 Å². The molecule has 0 aliphatic heterocycles. The molecule has 0 saturated carbocycles. The maximum Gasteiger partial charge on any atom is 0.469 e. The molecule has 8 nitrogen and oxygen atoms in total. The molecule has 34 heavy (non-hydrogen) atoms. The molecule has 0 saturated heterocycles. The van der Waals surface area contributed by atoms with E-state index >= 15 is 0 Å². The maximum absolute atomic E-state index is 12.1. The summed E-state index contributed by atoms with van der Waals surface area (Å²) in [5.41, 5.74) is 0. The fourth-order valence-corrected chi connectivity index (χ4v) is 3.44. The molecule has 0 radical (unpaired) electrons. The lowest BCUT2D eigenvalue weighted by Crippen LogP contribution is -2.29. The quantitative estimate of drug-likeness (QED) is 0.0778. The Morgan fingerprint density at radius 1 is 0.765 bits per heavy atom. The second kappa shape index (κ2) is 22.0. The monoisotopic (exact) mass is 504 g/mol. The van der Waals surface area contributed by atoms with Gasteiger partial charge in [-0.15, -0.1) is 0 Å². The molecular formula is C25H45O8P. The Balaban J connectivity index is 3.93. The van der Waals surface area contributed by atoms with Gasteiger partial charge >= 0.3 is 19.8 Å². The van der Waals surface area contributed by atoms with Gasteiger partial charge < -0.3 is 19.3 Å². The van der Waals surface area contributed by atoms with Crippen LogP contribution in [0.4, 0.5) is 0 Å². The molecule has 0 heterocycles. The third-order valence-electron chi connectivity index (χ3n) is 4.94. The number of hydrogen-bond acceptors (Lipinski definition) is 6. The van der Waals surface area contributed by atoms with Gasteiger partial charge in [-0.2, -0.15) is 0 Å². The summed E-state index contributed by atoms with van der Waals surface area (Å²) in [5.74, 6) is -0.968. The zero-order valence-corrected chi connectivity index (χ0v) is 21.9. The van der Waals surface area contributed by atoms with Gasteiger partial charge in [0.25, 0.3) is 0 Å². The fourth-order valence-electron chi connectivity index (χ4n) is 3.08. The minimum absolute atomic E-state index is 0.194. The zero-order valence-electron chi connectivity index (χ0n) is 21.0. The number of phosphoric acid groups is 1. The highest BCUT2D eigenvalue weighted by Gasteiger charge is 2.22. The van der Waals surface area contributed by atoms with Crippen LogP contribution >= 0.6 is 7.82 Å². The molecule has 9 heteroatoms. The van der Waals surface area contributed by atoms with Crippen molar-refractivity contribution in [3.8, 4) is 0 Å². The van der Waals surface area contributed by atoms with Gasteiger partial charge in [0.2, 0.25) is 0 Å². The lowest BCUT2D eigenvalue weighted by atomic mass is 10.1. The molecule has 0 aromatic heterocycles. The van der Waals surface area contributed by atoms with Crippen LogP contribution in [0.3, 0.4) is 0 Å². The van der Waals surface area contributed by atoms with Crippen molar-refractivity contribution in [1.29, 1.82) is 0 Å². The molecule has 0 amide bonds. The molecule has 0 aliphatic rings. The molecule has 2 N–H and O–H groups in total. The van der Waals surface area contributed by atoms with E-state index in [0.29, 0.717) is 12.8 Å². The number of carbonyl (C=O) groups excluding carboxylic acids is 2. The predicted octanol–water partition coefficient (Wildman–Crippen LogP) is 6.16. The maximum atomic E-state index is 12.1. The highest BCUT2D eigenvalue weighted by Crippen LogP contribution is 2.35. The van der Waals surface area contributed by atoms with Crippen LogP contribution < -0.4 is 0 Å². The molecule has 0 aliphatic carbocycles. The predicted molar refractivity (Wildman–Crippen MR) is 133 cm³/mol. The average Bonchev–Trinajstić information content (AvgIpc) is 2.78. The Morgan fingerprint density at radius 2 is 1.38 bits per heavy atom. The number of esters is 2. The molecule has 1 unspecified atom stereocenters. The fraction of sp³-hybridized carbons (Fsp3) is 0.760. The normalized spacial score (nSPS) is 12.9. The van der Waals surface area contributed by atoms with Crippen LogP contribution in [0, 0.1) is 0 Å². The molecule has 0 aromatic carbocycles.